The van der Waals surface area contributed by atoms with E-state index >= 15 is 0 Å². The first-order chi connectivity index (χ1) is 13.2. The summed E-state index contributed by atoms with van der Waals surface area (Å²) in [6, 6.07) is 25.5. The number of hydrogen-bond acceptors (Lipinski definition) is 1. The lowest BCUT2D eigenvalue weighted by molar-refractivity contribution is 1.45. The van der Waals surface area contributed by atoms with Crippen molar-refractivity contribution in [2.24, 2.45) is 0 Å². The molecule has 5 aromatic rings. The molecular formula is C25H18N2. The maximum atomic E-state index is 10.1. The second-order valence-electron chi connectivity index (χ2n) is 7.09. The number of H-pyrrole nitrogens is 1. The number of nitrogens with zero attached hydrogens (tertiary/aromatic N) is 1. The minimum absolute atomic E-state index is 0.757. The Hall–Kier alpha value is -3.57. The van der Waals surface area contributed by atoms with Gasteiger partial charge in [-0.3, -0.25) is 0 Å². The van der Waals surface area contributed by atoms with Crippen LogP contribution in [0.2, 0.25) is 0 Å². The average Bonchev–Trinajstić information content (AvgIpc) is 3.06. The van der Waals surface area contributed by atoms with Crippen molar-refractivity contribution in [3.63, 3.8) is 0 Å². The fourth-order valence-corrected chi connectivity index (χ4v) is 4.30. The highest BCUT2D eigenvalue weighted by Crippen LogP contribution is 2.43. The van der Waals surface area contributed by atoms with Crippen molar-refractivity contribution in [2.75, 3.05) is 0 Å². The Morgan fingerprint density at radius 3 is 2.26 bits per heavy atom. The molecule has 0 bridgehead atoms. The molecule has 0 saturated carbocycles. The molecule has 27 heavy (non-hydrogen) atoms. The summed E-state index contributed by atoms with van der Waals surface area (Å²) in [7, 11) is 0. The first-order valence-electron chi connectivity index (χ1n) is 9.12. The molecule has 1 aromatic heterocycles. The molecule has 1 N–H and O–H groups in total. The molecule has 0 aliphatic rings. The summed E-state index contributed by atoms with van der Waals surface area (Å²) in [6.07, 6.45) is 0. The van der Waals surface area contributed by atoms with Gasteiger partial charge in [-0.15, -0.1) is 0 Å². The van der Waals surface area contributed by atoms with Crippen molar-refractivity contribution in [1.29, 1.82) is 5.26 Å². The fourth-order valence-electron chi connectivity index (χ4n) is 4.30. The Morgan fingerprint density at radius 2 is 1.44 bits per heavy atom. The number of nitrogens with one attached hydrogen (secondary N) is 1. The van der Waals surface area contributed by atoms with Crippen molar-refractivity contribution >= 4 is 32.6 Å². The van der Waals surface area contributed by atoms with Crippen molar-refractivity contribution in [1.82, 2.24) is 4.98 Å². The van der Waals surface area contributed by atoms with E-state index in [9.17, 15) is 5.26 Å². The lowest BCUT2D eigenvalue weighted by atomic mass is 9.88. The summed E-state index contributed by atoms with van der Waals surface area (Å²) in [5, 5.41) is 14.4. The number of aryl methyl sites for hydroxylation is 2. The summed E-state index contributed by atoms with van der Waals surface area (Å²) in [5.41, 5.74) is 7.60. The van der Waals surface area contributed by atoms with Gasteiger partial charge < -0.3 is 4.98 Å². The van der Waals surface area contributed by atoms with Gasteiger partial charge in [-0.1, -0.05) is 60.7 Å². The highest BCUT2D eigenvalue weighted by atomic mass is 14.7. The van der Waals surface area contributed by atoms with Gasteiger partial charge in [-0.05, 0) is 42.0 Å². The molecule has 0 radical (unpaired) electrons. The Labute approximate surface area is 157 Å². The summed E-state index contributed by atoms with van der Waals surface area (Å²) < 4.78 is 0. The standard InChI is InChI=1S/C25H18N2/c1-15-8-3-4-10-17(15)23-19-12-7-9-16(2)22(19)20(14-26)24-18-11-5-6-13-21(18)27-25(23)24/h3-13,27H,1-2H3. The van der Waals surface area contributed by atoms with Crippen LogP contribution in [0.25, 0.3) is 43.7 Å². The third kappa shape index (κ3) is 2.12. The van der Waals surface area contributed by atoms with E-state index < -0.39 is 0 Å². The summed E-state index contributed by atoms with van der Waals surface area (Å²) in [6.45, 7) is 4.23. The molecule has 2 heteroatoms. The number of benzene rings is 4. The van der Waals surface area contributed by atoms with E-state index in [4.69, 9.17) is 0 Å². The molecule has 0 unspecified atom stereocenters. The predicted molar refractivity (Wildman–Crippen MR) is 113 cm³/mol. The van der Waals surface area contributed by atoms with Gasteiger partial charge in [0.2, 0.25) is 0 Å². The molecule has 1 heterocycles. The van der Waals surface area contributed by atoms with Gasteiger partial charge in [0, 0.05) is 27.2 Å². The Morgan fingerprint density at radius 1 is 0.741 bits per heavy atom. The smallest absolute Gasteiger partial charge is 0.101 e. The fraction of sp³-hybridized carbons (Fsp3) is 0.0800. The molecule has 128 valence electrons. The van der Waals surface area contributed by atoms with Gasteiger partial charge >= 0.3 is 0 Å². The van der Waals surface area contributed by atoms with Crippen molar-refractivity contribution in [3.05, 3.63) is 83.4 Å². The van der Waals surface area contributed by atoms with Crippen LogP contribution in [0.1, 0.15) is 16.7 Å². The van der Waals surface area contributed by atoms with Crippen LogP contribution in [0.15, 0.2) is 66.7 Å². The van der Waals surface area contributed by atoms with E-state index in [1.807, 2.05) is 12.1 Å². The van der Waals surface area contributed by atoms with E-state index in [-0.39, 0.29) is 0 Å². The number of para-hydroxylation sites is 1. The molecule has 0 fully saturated rings. The molecule has 0 aliphatic heterocycles. The van der Waals surface area contributed by atoms with Crippen molar-refractivity contribution in [2.45, 2.75) is 13.8 Å². The van der Waals surface area contributed by atoms with E-state index in [1.165, 1.54) is 16.7 Å². The summed E-state index contributed by atoms with van der Waals surface area (Å²) >= 11 is 0. The topological polar surface area (TPSA) is 39.6 Å². The number of nitriles is 1. The molecule has 0 aliphatic carbocycles. The molecule has 0 spiro atoms. The number of aromatic nitrogens is 1. The Kier molecular flexibility index (Phi) is 3.32. The molecule has 4 aromatic carbocycles. The zero-order valence-electron chi connectivity index (χ0n) is 15.3. The number of fused-ring (bicyclic) bond motifs is 4. The van der Waals surface area contributed by atoms with Gasteiger partial charge in [0.15, 0.2) is 0 Å². The zero-order chi connectivity index (χ0) is 18.5. The minimum Gasteiger partial charge on any atom is -0.354 e. The molecule has 2 nitrogen and oxygen atoms in total. The van der Waals surface area contributed by atoms with Gasteiger partial charge in [0.1, 0.15) is 6.07 Å². The monoisotopic (exact) mass is 346 g/mol. The van der Waals surface area contributed by atoms with Crippen LogP contribution in [-0.4, -0.2) is 4.98 Å². The van der Waals surface area contributed by atoms with Gasteiger partial charge in [0.05, 0.1) is 11.1 Å². The second-order valence-corrected chi connectivity index (χ2v) is 7.09. The lowest BCUT2D eigenvalue weighted by Crippen LogP contribution is -1.93. The number of hydrogen-bond donors (Lipinski definition) is 1. The van der Waals surface area contributed by atoms with Crippen LogP contribution in [0.4, 0.5) is 0 Å². The normalized spacial score (nSPS) is 11.3. The average molecular weight is 346 g/mol. The SMILES string of the molecule is Cc1ccccc1-c1c2cccc(C)c2c(C#N)c2c1[nH]c1ccccc12. The van der Waals surface area contributed by atoms with Gasteiger partial charge in [0.25, 0.3) is 0 Å². The van der Waals surface area contributed by atoms with Gasteiger partial charge in [-0.25, -0.2) is 0 Å². The highest BCUT2D eigenvalue weighted by molar-refractivity contribution is 6.23. The second kappa shape index (κ2) is 5.72. The first-order valence-corrected chi connectivity index (χ1v) is 9.12. The maximum Gasteiger partial charge on any atom is 0.101 e. The minimum atomic E-state index is 0.757. The van der Waals surface area contributed by atoms with E-state index in [1.54, 1.807) is 0 Å². The van der Waals surface area contributed by atoms with Gasteiger partial charge in [-0.2, -0.15) is 5.26 Å². The molecule has 0 amide bonds. The number of aromatic amines is 1. The summed E-state index contributed by atoms with van der Waals surface area (Å²) in [5.74, 6) is 0. The third-order valence-electron chi connectivity index (χ3n) is 5.52. The van der Waals surface area contributed by atoms with E-state index in [0.717, 1.165) is 43.7 Å². The van der Waals surface area contributed by atoms with Crippen LogP contribution in [0.5, 0.6) is 0 Å². The molecule has 0 atom stereocenters. The third-order valence-corrected chi connectivity index (χ3v) is 5.52. The Bertz CT molecular complexity index is 1400. The van der Waals surface area contributed by atoms with Crippen molar-refractivity contribution in [3.8, 4) is 17.2 Å². The Balaban J connectivity index is 2.16. The van der Waals surface area contributed by atoms with Crippen LogP contribution >= 0.6 is 0 Å². The maximum absolute atomic E-state index is 10.1. The predicted octanol–water partition coefficient (Wildman–Crippen LogP) is 6.63. The van der Waals surface area contributed by atoms with E-state index in [0.29, 0.717) is 0 Å². The van der Waals surface area contributed by atoms with Crippen LogP contribution in [0, 0.1) is 25.2 Å². The quantitative estimate of drug-likeness (QED) is 0.363. The van der Waals surface area contributed by atoms with E-state index in [2.05, 4.69) is 79.5 Å². The molecular weight excluding hydrogens is 328 g/mol. The van der Waals surface area contributed by atoms with Crippen LogP contribution < -0.4 is 0 Å². The van der Waals surface area contributed by atoms with Crippen LogP contribution in [0.3, 0.4) is 0 Å². The highest BCUT2D eigenvalue weighted by Gasteiger charge is 2.20. The van der Waals surface area contributed by atoms with Crippen LogP contribution in [-0.2, 0) is 0 Å². The lowest BCUT2D eigenvalue weighted by Gasteiger charge is -2.15. The summed E-state index contributed by atoms with van der Waals surface area (Å²) in [4.78, 5) is 3.61. The molecule has 0 saturated heterocycles. The van der Waals surface area contributed by atoms with Crippen molar-refractivity contribution < 1.29 is 0 Å². The largest absolute Gasteiger partial charge is 0.354 e. The number of rotatable bonds is 1. The first kappa shape index (κ1) is 15.7. The molecule has 5 rings (SSSR count). The zero-order valence-corrected chi connectivity index (χ0v) is 15.3.